The van der Waals surface area contributed by atoms with Gasteiger partial charge in [0, 0.05) is 37.9 Å². The molecule has 7 nitrogen and oxygen atoms in total. The van der Waals surface area contributed by atoms with Crippen LogP contribution in [0.5, 0.6) is 5.75 Å². The van der Waals surface area contributed by atoms with Gasteiger partial charge in [0.05, 0.1) is 17.3 Å². The van der Waals surface area contributed by atoms with Gasteiger partial charge in [-0.1, -0.05) is 6.07 Å². The fourth-order valence-electron chi connectivity index (χ4n) is 2.94. The minimum atomic E-state index is -4.64. The van der Waals surface area contributed by atoms with E-state index in [-0.39, 0.29) is 11.8 Å². The van der Waals surface area contributed by atoms with Gasteiger partial charge < -0.3 is 14.8 Å². The number of carbonyl (C=O) groups is 1. The van der Waals surface area contributed by atoms with Gasteiger partial charge in [-0.05, 0) is 38.5 Å². The standard InChI is InChI=1S/C21H23F3N4O3/c1-13(2)31-18-11-16-14(12-28(27-16)8-5-9-30-3)10-17(18)26-20(29)15-6-4-7-19(25-15)21(22,23)24/h4,6-7,10-13H,5,8-9H2,1-3H3,(H,26,29). The van der Waals surface area contributed by atoms with Crippen molar-refractivity contribution in [2.45, 2.75) is 39.1 Å². The molecule has 1 aromatic carbocycles. The molecule has 0 aliphatic rings. The Labute approximate surface area is 177 Å². The lowest BCUT2D eigenvalue weighted by atomic mass is 10.2. The van der Waals surface area contributed by atoms with E-state index in [1.807, 2.05) is 20.0 Å². The molecule has 0 atom stereocenters. The number of amides is 1. The zero-order chi connectivity index (χ0) is 22.6. The number of alkyl halides is 3. The molecule has 0 radical (unpaired) electrons. The third-order valence-electron chi connectivity index (χ3n) is 4.27. The summed E-state index contributed by atoms with van der Waals surface area (Å²) in [6.45, 7) is 4.91. The molecule has 0 aliphatic heterocycles. The SMILES string of the molecule is COCCCn1cc2cc(NC(=O)c3cccc(C(F)(F)F)n3)c(OC(C)C)cc2n1. The van der Waals surface area contributed by atoms with Gasteiger partial charge in [0.15, 0.2) is 0 Å². The van der Waals surface area contributed by atoms with Gasteiger partial charge in [0.2, 0.25) is 0 Å². The first-order valence-corrected chi connectivity index (χ1v) is 9.70. The molecule has 1 N–H and O–H groups in total. The summed E-state index contributed by atoms with van der Waals surface area (Å²) in [6.07, 6.45) is -2.23. The summed E-state index contributed by atoms with van der Waals surface area (Å²) in [4.78, 5) is 16.0. The number of nitrogens with one attached hydrogen (secondary N) is 1. The third-order valence-corrected chi connectivity index (χ3v) is 4.27. The Morgan fingerprint density at radius 2 is 2.03 bits per heavy atom. The van der Waals surface area contributed by atoms with Crippen LogP contribution in [0.2, 0.25) is 0 Å². The van der Waals surface area contributed by atoms with E-state index in [1.54, 1.807) is 23.9 Å². The number of carbonyl (C=O) groups excluding carboxylic acids is 1. The van der Waals surface area contributed by atoms with Crippen molar-refractivity contribution in [3.8, 4) is 5.75 Å². The zero-order valence-corrected chi connectivity index (χ0v) is 17.4. The average Bonchev–Trinajstić information content (AvgIpc) is 3.09. The number of hydrogen-bond donors (Lipinski definition) is 1. The van der Waals surface area contributed by atoms with Crippen LogP contribution in [0.1, 0.15) is 36.5 Å². The van der Waals surface area contributed by atoms with Crippen molar-refractivity contribution in [1.82, 2.24) is 14.8 Å². The molecule has 3 rings (SSSR count). The maximum absolute atomic E-state index is 12.9. The quantitative estimate of drug-likeness (QED) is 0.525. The van der Waals surface area contributed by atoms with Crippen LogP contribution < -0.4 is 10.1 Å². The highest BCUT2D eigenvalue weighted by Crippen LogP contribution is 2.32. The summed E-state index contributed by atoms with van der Waals surface area (Å²) in [5.41, 5.74) is -0.489. The number of anilines is 1. The first kappa shape index (κ1) is 22.5. The second-order valence-corrected chi connectivity index (χ2v) is 7.17. The van der Waals surface area contributed by atoms with Gasteiger partial charge in [-0.25, -0.2) is 4.98 Å². The number of rotatable bonds is 8. The molecule has 10 heteroatoms. The normalized spacial score (nSPS) is 11.8. The molecule has 0 fully saturated rings. The Kier molecular flexibility index (Phi) is 6.79. The molecule has 0 saturated carbocycles. The van der Waals surface area contributed by atoms with Crippen LogP contribution in [0, 0.1) is 0 Å². The maximum Gasteiger partial charge on any atom is 0.433 e. The first-order chi connectivity index (χ1) is 14.7. The summed E-state index contributed by atoms with van der Waals surface area (Å²) in [7, 11) is 1.63. The molecule has 0 saturated heterocycles. The molecule has 2 aromatic heterocycles. The van der Waals surface area contributed by atoms with Crippen LogP contribution in [0.3, 0.4) is 0 Å². The Morgan fingerprint density at radius 1 is 1.26 bits per heavy atom. The van der Waals surface area contributed by atoms with Gasteiger partial charge in [-0.2, -0.15) is 18.3 Å². The van der Waals surface area contributed by atoms with Gasteiger partial charge in [-0.3, -0.25) is 9.48 Å². The number of hydrogen-bond acceptors (Lipinski definition) is 5. The minimum absolute atomic E-state index is 0.191. The van der Waals surface area contributed by atoms with Crippen molar-refractivity contribution in [3.63, 3.8) is 0 Å². The number of benzene rings is 1. The van der Waals surface area contributed by atoms with Gasteiger partial charge in [0.1, 0.15) is 17.1 Å². The van der Waals surface area contributed by atoms with Crippen LogP contribution in [-0.2, 0) is 17.5 Å². The summed E-state index contributed by atoms with van der Waals surface area (Å²) < 4.78 is 51.4. The number of ether oxygens (including phenoxy) is 2. The highest BCUT2D eigenvalue weighted by atomic mass is 19.4. The topological polar surface area (TPSA) is 78.3 Å². The van der Waals surface area contributed by atoms with Crippen molar-refractivity contribution in [2.75, 3.05) is 19.0 Å². The van der Waals surface area contributed by atoms with Crippen LogP contribution >= 0.6 is 0 Å². The van der Waals surface area contributed by atoms with E-state index in [9.17, 15) is 18.0 Å². The van der Waals surface area contributed by atoms with E-state index in [4.69, 9.17) is 9.47 Å². The fraction of sp³-hybridized carbons (Fsp3) is 0.381. The Balaban J connectivity index is 1.91. The van der Waals surface area contributed by atoms with Gasteiger partial charge in [-0.15, -0.1) is 0 Å². The Bertz CT molecular complexity index is 1060. The van der Waals surface area contributed by atoms with Crippen molar-refractivity contribution in [3.05, 3.63) is 47.9 Å². The Morgan fingerprint density at radius 3 is 2.71 bits per heavy atom. The number of pyridine rings is 1. The molecule has 2 heterocycles. The maximum atomic E-state index is 12.9. The third kappa shape index (κ3) is 5.72. The van der Waals surface area contributed by atoms with Gasteiger partial charge >= 0.3 is 6.18 Å². The number of aryl methyl sites for hydroxylation is 1. The molecule has 1 amide bonds. The molecular formula is C21H23F3N4O3. The minimum Gasteiger partial charge on any atom is -0.489 e. The van der Waals surface area contributed by atoms with Crippen molar-refractivity contribution < 1.29 is 27.4 Å². The molecule has 166 valence electrons. The monoisotopic (exact) mass is 436 g/mol. The van der Waals surface area contributed by atoms with E-state index in [2.05, 4.69) is 15.4 Å². The van der Waals surface area contributed by atoms with Crippen LogP contribution in [0.25, 0.3) is 10.9 Å². The van der Waals surface area contributed by atoms with Crippen molar-refractivity contribution in [1.29, 1.82) is 0 Å². The zero-order valence-electron chi connectivity index (χ0n) is 17.4. The van der Waals surface area contributed by atoms with Crippen molar-refractivity contribution >= 4 is 22.5 Å². The molecule has 0 spiro atoms. The Hall–Kier alpha value is -3.14. The van der Waals surface area contributed by atoms with E-state index < -0.39 is 17.8 Å². The predicted octanol–water partition coefficient (Wildman–Crippen LogP) is 4.53. The molecular weight excluding hydrogens is 413 g/mol. The summed E-state index contributed by atoms with van der Waals surface area (Å²) in [5.74, 6) is -0.406. The van der Waals surface area contributed by atoms with Crippen LogP contribution in [0.4, 0.5) is 18.9 Å². The number of aromatic nitrogens is 3. The number of methoxy groups -OCH3 is 1. The molecule has 0 aliphatic carbocycles. The lowest BCUT2D eigenvalue weighted by molar-refractivity contribution is -0.141. The van der Waals surface area contributed by atoms with E-state index in [0.717, 1.165) is 23.9 Å². The van der Waals surface area contributed by atoms with Crippen molar-refractivity contribution in [2.24, 2.45) is 0 Å². The van der Waals surface area contributed by atoms with E-state index >= 15 is 0 Å². The first-order valence-electron chi connectivity index (χ1n) is 9.70. The highest BCUT2D eigenvalue weighted by molar-refractivity contribution is 6.05. The highest BCUT2D eigenvalue weighted by Gasteiger charge is 2.33. The number of halogens is 3. The molecule has 0 unspecified atom stereocenters. The molecule has 31 heavy (non-hydrogen) atoms. The number of nitrogens with zero attached hydrogens (tertiary/aromatic N) is 3. The fourth-order valence-corrected chi connectivity index (χ4v) is 2.94. The summed E-state index contributed by atoms with van der Waals surface area (Å²) >= 11 is 0. The van der Waals surface area contributed by atoms with E-state index in [1.165, 1.54) is 6.07 Å². The summed E-state index contributed by atoms with van der Waals surface area (Å²) in [5, 5.41) is 7.87. The molecule has 3 aromatic rings. The smallest absolute Gasteiger partial charge is 0.433 e. The van der Waals surface area contributed by atoms with E-state index in [0.29, 0.717) is 30.1 Å². The number of fused-ring (bicyclic) bond motifs is 1. The lowest BCUT2D eigenvalue weighted by Crippen LogP contribution is -2.18. The molecule has 0 bridgehead atoms. The summed E-state index contributed by atoms with van der Waals surface area (Å²) in [6, 6.07) is 6.55. The average molecular weight is 436 g/mol. The largest absolute Gasteiger partial charge is 0.489 e. The second-order valence-electron chi connectivity index (χ2n) is 7.17. The predicted molar refractivity (Wildman–Crippen MR) is 109 cm³/mol. The van der Waals surface area contributed by atoms with Crippen LogP contribution in [-0.4, -0.2) is 40.5 Å². The second kappa shape index (κ2) is 9.34. The van der Waals surface area contributed by atoms with Crippen LogP contribution in [0.15, 0.2) is 36.5 Å². The lowest BCUT2D eigenvalue weighted by Gasteiger charge is -2.15. The van der Waals surface area contributed by atoms with Gasteiger partial charge in [0.25, 0.3) is 5.91 Å².